The van der Waals surface area contributed by atoms with Gasteiger partial charge in [-0.3, -0.25) is 0 Å². The Hall–Kier alpha value is -2.02. The van der Waals surface area contributed by atoms with Crippen LogP contribution in [0.1, 0.15) is 30.9 Å². The zero-order chi connectivity index (χ0) is 13.9. The average molecular weight is 263 g/mol. The minimum atomic E-state index is 0.980. The first kappa shape index (κ1) is 13.0. The van der Waals surface area contributed by atoms with Crippen molar-refractivity contribution in [1.29, 1.82) is 0 Å². The third-order valence-corrected chi connectivity index (χ3v) is 3.92. The third-order valence-electron chi connectivity index (χ3n) is 3.92. The van der Waals surface area contributed by atoms with Gasteiger partial charge in [0, 0.05) is 13.1 Å². The van der Waals surface area contributed by atoms with Crippen LogP contribution in [0, 0.1) is 0 Å². The maximum absolute atomic E-state index is 4.20. The van der Waals surface area contributed by atoms with Crippen LogP contribution in [0.5, 0.6) is 0 Å². The van der Waals surface area contributed by atoms with Crippen molar-refractivity contribution < 1.29 is 0 Å². The van der Waals surface area contributed by atoms with Crippen LogP contribution in [0.3, 0.4) is 0 Å². The van der Waals surface area contributed by atoms with Gasteiger partial charge in [-0.15, -0.1) is 0 Å². The highest BCUT2D eigenvalue weighted by Crippen LogP contribution is 2.39. The van der Waals surface area contributed by atoms with Gasteiger partial charge in [0.1, 0.15) is 0 Å². The van der Waals surface area contributed by atoms with E-state index in [4.69, 9.17) is 0 Å². The molecule has 102 valence electrons. The van der Waals surface area contributed by atoms with Crippen LogP contribution in [0.4, 0.5) is 0 Å². The Morgan fingerprint density at radius 1 is 1.25 bits per heavy atom. The second kappa shape index (κ2) is 5.54. The van der Waals surface area contributed by atoms with Crippen molar-refractivity contribution in [2.24, 2.45) is 0 Å². The van der Waals surface area contributed by atoms with Gasteiger partial charge in [0.2, 0.25) is 0 Å². The summed E-state index contributed by atoms with van der Waals surface area (Å²) >= 11 is 0. The molecule has 1 heterocycles. The number of allylic oxidation sites excluding steroid dienone is 4. The van der Waals surface area contributed by atoms with Gasteiger partial charge in [-0.1, -0.05) is 49.9 Å². The molecule has 0 amide bonds. The van der Waals surface area contributed by atoms with E-state index in [2.05, 4.69) is 67.1 Å². The minimum Gasteiger partial charge on any atom is -0.373 e. The van der Waals surface area contributed by atoms with Crippen molar-refractivity contribution in [3.05, 3.63) is 72.0 Å². The van der Waals surface area contributed by atoms with E-state index in [0.29, 0.717) is 0 Å². The van der Waals surface area contributed by atoms with Gasteiger partial charge < -0.3 is 4.90 Å². The highest BCUT2D eigenvalue weighted by atomic mass is 15.1. The molecule has 0 radical (unpaired) electrons. The molecule has 3 rings (SSSR count). The fourth-order valence-electron chi connectivity index (χ4n) is 3.01. The predicted octanol–water partition coefficient (Wildman–Crippen LogP) is 4.65. The lowest BCUT2D eigenvalue weighted by Gasteiger charge is -2.23. The number of rotatable bonds is 3. The molecular formula is C19H21N. The van der Waals surface area contributed by atoms with Crippen molar-refractivity contribution in [2.45, 2.75) is 19.8 Å². The van der Waals surface area contributed by atoms with E-state index in [0.717, 1.165) is 19.5 Å². The quantitative estimate of drug-likeness (QED) is 0.767. The maximum Gasteiger partial charge on any atom is 0.0424 e. The predicted molar refractivity (Wildman–Crippen MR) is 87.2 cm³/mol. The van der Waals surface area contributed by atoms with Gasteiger partial charge in [-0.05, 0) is 53.0 Å². The molecule has 0 saturated heterocycles. The molecule has 0 N–H and O–H groups in total. The van der Waals surface area contributed by atoms with Crippen molar-refractivity contribution in [3.63, 3.8) is 0 Å². The maximum atomic E-state index is 4.20. The Morgan fingerprint density at radius 2 is 2.05 bits per heavy atom. The van der Waals surface area contributed by atoms with Crippen LogP contribution in [0.2, 0.25) is 0 Å². The number of nitrogens with zero attached hydrogens (tertiary/aromatic N) is 1. The summed E-state index contributed by atoms with van der Waals surface area (Å²) in [5.41, 5.74) is 6.71. The Kier molecular flexibility index (Phi) is 3.60. The summed E-state index contributed by atoms with van der Waals surface area (Å²) in [6.07, 6.45) is 11.1. The van der Waals surface area contributed by atoms with Gasteiger partial charge in [0.05, 0.1) is 0 Å². The number of benzene rings is 1. The van der Waals surface area contributed by atoms with Gasteiger partial charge in [-0.2, -0.15) is 0 Å². The summed E-state index contributed by atoms with van der Waals surface area (Å²) in [6, 6.07) is 8.60. The van der Waals surface area contributed by atoms with Gasteiger partial charge in [0.25, 0.3) is 0 Å². The number of hydrogen-bond donors (Lipinski definition) is 0. The molecule has 1 heteroatoms. The van der Waals surface area contributed by atoms with Gasteiger partial charge in [0.15, 0.2) is 0 Å². The van der Waals surface area contributed by atoms with Gasteiger partial charge >= 0.3 is 0 Å². The molecule has 0 aromatic heterocycles. The summed E-state index contributed by atoms with van der Waals surface area (Å²) < 4.78 is 0. The molecule has 1 aliphatic heterocycles. The molecule has 0 fully saturated rings. The van der Waals surface area contributed by atoms with Crippen LogP contribution >= 0.6 is 0 Å². The lowest BCUT2D eigenvalue weighted by molar-refractivity contribution is 0.404. The molecule has 1 aromatic rings. The zero-order valence-corrected chi connectivity index (χ0v) is 12.1. The smallest absolute Gasteiger partial charge is 0.0424 e. The van der Waals surface area contributed by atoms with Crippen molar-refractivity contribution >= 4 is 11.1 Å². The van der Waals surface area contributed by atoms with Crippen LogP contribution in [-0.2, 0) is 0 Å². The van der Waals surface area contributed by atoms with Crippen LogP contribution in [0.15, 0.2) is 60.8 Å². The molecule has 1 aromatic carbocycles. The van der Waals surface area contributed by atoms with E-state index in [9.17, 15) is 0 Å². The monoisotopic (exact) mass is 263 g/mol. The summed E-state index contributed by atoms with van der Waals surface area (Å²) in [5, 5.41) is 0. The molecule has 1 aliphatic carbocycles. The Bertz CT molecular complexity index is 616. The summed E-state index contributed by atoms with van der Waals surface area (Å²) in [5.74, 6) is 0. The van der Waals surface area contributed by atoms with Crippen molar-refractivity contribution in [3.8, 4) is 0 Å². The van der Waals surface area contributed by atoms with E-state index in [1.165, 1.54) is 34.3 Å². The first-order chi connectivity index (χ1) is 9.78. The SMILES string of the molecule is C=C1C/C(=C\C2=CC=CN(CCC)C2)c2ccccc21. The first-order valence-electron chi connectivity index (χ1n) is 7.37. The molecule has 0 saturated carbocycles. The van der Waals surface area contributed by atoms with E-state index >= 15 is 0 Å². The van der Waals surface area contributed by atoms with E-state index < -0.39 is 0 Å². The Labute approximate surface area is 121 Å². The van der Waals surface area contributed by atoms with Crippen molar-refractivity contribution in [1.82, 2.24) is 4.90 Å². The summed E-state index contributed by atoms with van der Waals surface area (Å²) in [7, 11) is 0. The normalized spacial score (nSPS) is 19.4. The van der Waals surface area contributed by atoms with E-state index in [1.807, 2.05) is 0 Å². The highest BCUT2D eigenvalue weighted by Gasteiger charge is 2.19. The van der Waals surface area contributed by atoms with E-state index in [-0.39, 0.29) is 0 Å². The second-order valence-electron chi connectivity index (χ2n) is 5.55. The molecule has 2 aliphatic rings. The molecule has 0 spiro atoms. The fraction of sp³-hybridized carbons (Fsp3) is 0.263. The standard InChI is InChI=1S/C19H21N/c1-3-10-20-11-6-7-16(14-20)13-17-12-15(2)18-8-4-5-9-19(17)18/h4-9,11,13H,2-3,10,12,14H2,1H3/b17-13+. The highest BCUT2D eigenvalue weighted by molar-refractivity contribution is 5.92. The molecule has 0 bridgehead atoms. The first-order valence-corrected chi connectivity index (χ1v) is 7.37. The Morgan fingerprint density at radius 3 is 2.85 bits per heavy atom. The number of fused-ring (bicyclic) bond motifs is 1. The minimum absolute atomic E-state index is 0.980. The number of hydrogen-bond acceptors (Lipinski definition) is 1. The van der Waals surface area contributed by atoms with Crippen LogP contribution in [-0.4, -0.2) is 18.0 Å². The molecule has 1 nitrogen and oxygen atoms in total. The third kappa shape index (κ3) is 2.49. The van der Waals surface area contributed by atoms with Gasteiger partial charge in [-0.25, -0.2) is 0 Å². The van der Waals surface area contributed by atoms with Crippen molar-refractivity contribution in [2.75, 3.05) is 13.1 Å². The lowest BCUT2D eigenvalue weighted by atomic mass is 10.0. The summed E-state index contributed by atoms with van der Waals surface area (Å²) in [4.78, 5) is 2.38. The lowest BCUT2D eigenvalue weighted by Crippen LogP contribution is -2.22. The molecular weight excluding hydrogens is 242 g/mol. The summed E-state index contributed by atoms with van der Waals surface area (Å²) in [6.45, 7) is 8.56. The molecule has 0 atom stereocenters. The van der Waals surface area contributed by atoms with Crippen LogP contribution in [0.25, 0.3) is 11.1 Å². The molecule has 0 unspecified atom stereocenters. The van der Waals surface area contributed by atoms with E-state index in [1.54, 1.807) is 0 Å². The fourth-order valence-corrected chi connectivity index (χ4v) is 3.01. The molecule has 20 heavy (non-hydrogen) atoms. The second-order valence-corrected chi connectivity index (χ2v) is 5.55. The van der Waals surface area contributed by atoms with Crippen LogP contribution < -0.4 is 0 Å². The topological polar surface area (TPSA) is 3.24 Å². The zero-order valence-electron chi connectivity index (χ0n) is 12.1. The largest absolute Gasteiger partial charge is 0.373 e. The Balaban J connectivity index is 1.86. The average Bonchev–Trinajstić information content (AvgIpc) is 2.77.